The summed E-state index contributed by atoms with van der Waals surface area (Å²) in [4.78, 5) is 36.7. The molecule has 3 amide bonds. The Morgan fingerprint density at radius 2 is 1.89 bits per heavy atom. The number of carbonyl (C=O) groups is 3. The number of carbonyl (C=O) groups excluding carboxylic acids is 3. The van der Waals surface area contributed by atoms with E-state index in [2.05, 4.69) is 22.3 Å². The van der Waals surface area contributed by atoms with Crippen LogP contribution in [0.15, 0.2) is 48.8 Å². The number of nitrogens with two attached hydrogens (primary N) is 2. The molecule has 0 unspecified atom stereocenters. The molecule has 0 radical (unpaired) electrons. The molecule has 10 nitrogen and oxygen atoms in total. The fourth-order valence-corrected chi connectivity index (χ4v) is 3.71. The van der Waals surface area contributed by atoms with Gasteiger partial charge in [-0.25, -0.2) is 9.07 Å². The fraction of sp³-hybridized carbons (Fsp3) is 0.231. The van der Waals surface area contributed by atoms with E-state index in [-0.39, 0.29) is 34.6 Å². The number of halogens is 1. The molecule has 37 heavy (non-hydrogen) atoms. The third kappa shape index (κ3) is 5.77. The van der Waals surface area contributed by atoms with Crippen molar-refractivity contribution in [1.29, 1.82) is 0 Å². The van der Waals surface area contributed by atoms with E-state index >= 15 is 0 Å². The van der Waals surface area contributed by atoms with Crippen molar-refractivity contribution in [3.05, 3.63) is 65.5 Å². The van der Waals surface area contributed by atoms with Gasteiger partial charge >= 0.3 is 0 Å². The van der Waals surface area contributed by atoms with Crippen molar-refractivity contribution in [2.75, 3.05) is 24.7 Å². The summed E-state index contributed by atoms with van der Waals surface area (Å²) in [5.41, 5.74) is 14.3. The number of amides is 3. The van der Waals surface area contributed by atoms with Gasteiger partial charge in [-0.05, 0) is 48.7 Å². The fourth-order valence-electron chi connectivity index (χ4n) is 3.71. The maximum Gasteiger partial charge on any atom is 0.283 e. The Kier molecular flexibility index (Phi) is 7.96. The molecule has 194 valence electrons. The first-order valence-electron chi connectivity index (χ1n) is 11.4. The lowest BCUT2D eigenvalue weighted by Crippen LogP contribution is -2.27. The molecule has 11 heteroatoms. The van der Waals surface area contributed by atoms with Gasteiger partial charge in [0.05, 0.1) is 24.1 Å². The third-order valence-corrected chi connectivity index (χ3v) is 5.48. The molecule has 6 N–H and O–H groups in total. The number of ether oxygens (including phenoxy) is 1. The minimum atomic E-state index is -1.12. The van der Waals surface area contributed by atoms with Gasteiger partial charge in [-0.3, -0.25) is 14.4 Å². The summed E-state index contributed by atoms with van der Waals surface area (Å²) in [5, 5.41) is 9.57. The zero-order valence-electron chi connectivity index (χ0n) is 21.0. The molecule has 1 heterocycles. The quantitative estimate of drug-likeness (QED) is 0.325. The minimum absolute atomic E-state index is 0.00966. The maximum atomic E-state index is 13.1. The Hall–Kier alpha value is -4.67. The van der Waals surface area contributed by atoms with Crippen LogP contribution in [0.5, 0.6) is 5.75 Å². The second-order valence-electron chi connectivity index (χ2n) is 8.76. The van der Waals surface area contributed by atoms with E-state index in [4.69, 9.17) is 16.2 Å². The van der Waals surface area contributed by atoms with Gasteiger partial charge in [-0.2, -0.15) is 0 Å². The van der Waals surface area contributed by atoms with Gasteiger partial charge in [0, 0.05) is 17.8 Å². The van der Waals surface area contributed by atoms with Crippen LogP contribution < -0.4 is 26.8 Å². The molecule has 0 saturated heterocycles. The molecule has 0 fully saturated rings. The largest absolute Gasteiger partial charge is 0.496 e. The van der Waals surface area contributed by atoms with Gasteiger partial charge in [0.2, 0.25) is 0 Å². The highest BCUT2D eigenvalue weighted by Gasteiger charge is 2.25. The SMILES string of the molecule is C=C(F)C(=O)Nc1ccc(-n2nc(N)c(C(N)=O)c2-c2ccc(C(=O)NCC(C)C)c(OC)c2)c(C)c1. The van der Waals surface area contributed by atoms with E-state index < -0.39 is 17.6 Å². The molecule has 0 aliphatic rings. The number of methoxy groups -OCH3 is 1. The van der Waals surface area contributed by atoms with Crippen molar-refractivity contribution in [1.82, 2.24) is 15.1 Å². The van der Waals surface area contributed by atoms with E-state index in [1.807, 2.05) is 13.8 Å². The molecular formula is C26H29FN6O4. The summed E-state index contributed by atoms with van der Waals surface area (Å²) in [5.74, 6) is -2.72. The molecule has 0 spiro atoms. The Morgan fingerprint density at radius 3 is 2.46 bits per heavy atom. The number of aromatic nitrogens is 2. The van der Waals surface area contributed by atoms with Gasteiger partial charge in [0.15, 0.2) is 11.6 Å². The second-order valence-corrected chi connectivity index (χ2v) is 8.76. The molecule has 0 aliphatic carbocycles. The smallest absolute Gasteiger partial charge is 0.283 e. The minimum Gasteiger partial charge on any atom is -0.496 e. The highest BCUT2D eigenvalue weighted by atomic mass is 19.1. The Labute approximate surface area is 213 Å². The Bertz CT molecular complexity index is 1400. The Morgan fingerprint density at radius 1 is 1.19 bits per heavy atom. The van der Waals surface area contributed by atoms with E-state index in [9.17, 15) is 18.8 Å². The van der Waals surface area contributed by atoms with Crippen LogP contribution in [0.3, 0.4) is 0 Å². The first-order chi connectivity index (χ1) is 17.4. The average Bonchev–Trinajstić information content (AvgIpc) is 3.18. The number of benzene rings is 2. The number of nitrogens with one attached hydrogen (secondary N) is 2. The monoisotopic (exact) mass is 508 g/mol. The number of nitrogens with zero attached hydrogens (tertiary/aromatic N) is 2. The summed E-state index contributed by atoms with van der Waals surface area (Å²) in [7, 11) is 1.43. The molecule has 3 aromatic rings. The summed E-state index contributed by atoms with van der Waals surface area (Å²) in [6, 6.07) is 9.58. The summed E-state index contributed by atoms with van der Waals surface area (Å²) < 4.78 is 20.0. The highest BCUT2D eigenvalue weighted by molar-refractivity contribution is 6.04. The summed E-state index contributed by atoms with van der Waals surface area (Å²) >= 11 is 0. The van der Waals surface area contributed by atoms with Crippen LogP contribution in [0.25, 0.3) is 16.9 Å². The number of hydrogen-bond donors (Lipinski definition) is 4. The van der Waals surface area contributed by atoms with Crippen molar-refractivity contribution in [2.24, 2.45) is 11.7 Å². The van der Waals surface area contributed by atoms with Crippen LogP contribution >= 0.6 is 0 Å². The van der Waals surface area contributed by atoms with Gasteiger partial charge in [0.1, 0.15) is 11.3 Å². The number of aryl methyl sites for hydroxylation is 1. The highest BCUT2D eigenvalue weighted by Crippen LogP contribution is 2.35. The van der Waals surface area contributed by atoms with E-state index in [1.54, 1.807) is 37.3 Å². The summed E-state index contributed by atoms with van der Waals surface area (Å²) in [6.07, 6.45) is 0. The molecule has 0 atom stereocenters. The van der Waals surface area contributed by atoms with Gasteiger partial charge in [-0.1, -0.05) is 26.5 Å². The van der Waals surface area contributed by atoms with Crippen molar-refractivity contribution in [3.8, 4) is 22.7 Å². The van der Waals surface area contributed by atoms with E-state index in [0.29, 0.717) is 34.6 Å². The zero-order valence-corrected chi connectivity index (χ0v) is 21.0. The predicted octanol–water partition coefficient (Wildman–Crippen LogP) is 3.34. The topological polar surface area (TPSA) is 154 Å². The maximum absolute atomic E-state index is 13.1. The molecule has 0 aliphatic heterocycles. The van der Waals surface area contributed by atoms with Crippen LogP contribution in [0.4, 0.5) is 15.9 Å². The van der Waals surface area contributed by atoms with Crippen LogP contribution in [-0.2, 0) is 4.79 Å². The third-order valence-electron chi connectivity index (χ3n) is 5.48. The first kappa shape index (κ1) is 26.9. The lowest BCUT2D eigenvalue weighted by Gasteiger charge is -2.15. The van der Waals surface area contributed by atoms with Crippen molar-refractivity contribution in [2.45, 2.75) is 20.8 Å². The van der Waals surface area contributed by atoms with Crippen molar-refractivity contribution in [3.63, 3.8) is 0 Å². The molecular weight excluding hydrogens is 479 g/mol. The first-order valence-corrected chi connectivity index (χ1v) is 11.4. The van der Waals surface area contributed by atoms with Crippen LogP contribution in [0.2, 0.25) is 0 Å². The average molecular weight is 509 g/mol. The van der Waals surface area contributed by atoms with Crippen LogP contribution in [-0.4, -0.2) is 41.2 Å². The Balaban J connectivity index is 2.13. The molecule has 1 aromatic heterocycles. The number of primary amides is 1. The number of hydrogen-bond acceptors (Lipinski definition) is 6. The van der Waals surface area contributed by atoms with E-state index in [1.165, 1.54) is 17.9 Å². The van der Waals surface area contributed by atoms with Gasteiger partial charge < -0.3 is 26.8 Å². The lowest BCUT2D eigenvalue weighted by molar-refractivity contribution is -0.114. The summed E-state index contributed by atoms with van der Waals surface area (Å²) in [6.45, 7) is 9.18. The number of nitrogen functional groups attached to an aromatic ring is 1. The second kappa shape index (κ2) is 10.9. The molecule has 2 aromatic carbocycles. The lowest BCUT2D eigenvalue weighted by atomic mass is 10.0. The van der Waals surface area contributed by atoms with Crippen LogP contribution in [0, 0.1) is 12.8 Å². The molecule has 0 saturated carbocycles. The molecule has 3 rings (SSSR count). The van der Waals surface area contributed by atoms with Crippen molar-refractivity contribution < 1.29 is 23.5 Å². The zero-order chi connectivity index (χ0) is 27.4. The van der Waals surface area contributed by atoms with Crippen LogP contribution in [0.1, 0.15) is 40.1 Å². The number of rotatable bonds is 9. The number of anilines is 2. The predicted molar refractivity (Wildman–Crippen MR) is 139 cm³/mol. The van der Waals surface area contributed by atoms with Gasteiger partial charge in [-0.15, -0.1) is 5.10 Å². The van der Waals surface area contributed by atoms with Gasteiger partial charge in [0.25, 0.3) is 17.7 Å². The normalized spacial score (nSPS) is 10.8. The standard InChI is InChI=1S/C26H29FN6O4/c1-13(2)12-30-26(36)18-8-6-16(11-20(18)37-5)22-21(24(29)34)23(28)32-33(22)19-9-7-17(10-14(19)3)31-25(35)15(4)27/h6-11,13H,4,12H2,1-3,5H3,(H2,28,32)(H2,29,34)(H,30,36)(H,31,35). The van der Waals surface area contributed by atoms with E-state index in [0.717, 1.165) is 0 Å². The van der Waals surface area contributed by atoms with Crippen molar-refractivity contribution >= 4 is 29.2 Å². The molecule has 0 bridgehead atoms.